The molecule has 1 aromatic heterocycles. The third-order valence-corrected chi connectivity index (χ3v) is 3.79. The van der Waals surface area contributed by atoms with Crippen molar-refractivity contribution in [3.8, 4) is 17.2 Å². The van der Waals surface area contributed by atoms with E-state index in [1.54, 1.807) is 18.3 Å². The van der Waals surface area contributed by atoms with Crippen LogP contribution in [0.5, 0.6) is 17.2 Å². The Morgan fingerprint density at radius 1 is 1.09 bits per heavy atom. The topological polar surface area (TPSA) is 69.7 Å². The lowest BCUT2D eigenvalue weighted by Crippen LogP contribution is -2.14. The van der Waals surface area contributed by atoms with Crippen LogP contribution in [0.1, 0.15) is 15.9 Å². The van der Waals surface area contributed by atoms with E-state index in [0.717, 1.165) is 9.13 Å². The van der Waals surface area contributed by atoms with Crippen LogP contribution in [0, 0.1) is 10.5 Å². The summed E-state index contributed by atoms with van der Waals surface area (Å²) in [7, 11) is 4.52. The number of amides is 1. The third kappa shape index (κ3) is 3.84. The number of hydrogen-bond acceptors (Lipinski definition) is 5. The van der Waals surface area contributed by atoms with Gasteiger partial charge in [-0.1, -0.05) is 0 Å². The second kappa shape index (κ2) is 7.49. The van der Waals surface area contributed by atoms with Crippen molar-refractivity contribution in [3.63, 3.8) is 0 Å². The van der Waals surface area contributed by atoms with Crippen molar-refractivity contribution in [1.29, 1.82) is 0 Å². The molecule has 0 atom stereocenters. The molecule has 23 heavy (non-hydrogen) atoms. The molecular weight excluding hydrogens is 411 g/mol. The molecule has 122 valence electrons. The summed E-state index contributed by atoms with van der Waals surface area (Å²) >= 11 is 2.17. The Bertz CT molecular complexity index is 709. The van der Waals surface area contributed by atoms with Crippen LogP contribution < -0.4 is 19.5 Å². The predicted molar refractivity (Wildman–Crippen MR) is 95.7 cm³/mol. The standard InChI is InChI=1S/C16H17IN2O4/c1-9-5-11(17)8-18-15(9)19-16(20)10-6-12(21-2)14(23-4)13(7-10)22-3/h5-8H,1-4H3,(H,18,19,20). The fourth-order valence-corrected chi connectivity index (χ4v) is 2.67. The number of rotatable bonds is 5. The van der Waals surface area contributed by atoms with Crippen molar-refractivity contribution in [2.45, 2.75) is 6.92 Å². The molecule has 6 nitrogen and oxygen atoms in total. The van der Waals surface area contributed by atoms with Crippen molar-refractivity contribution in [2.24, 2.45) is 0 Å². The molecule has 0 fully saturated rings. The first-order valence-corrected chi connectivity index (χ1v) is 7.81. The van der Waals surface area contributed by atoms with Crippen LogP contribution >= 0.6 is 22.6 Å². The van der Waals surface area contributed by atoms with E-state index in [4.69, 9.17) is 14.2 Å². The van der Waals surface area contributed by atoms with Crippen LogP contribution in [0.3, 0.4) is 0 Å². The van der Waals surface area contributed by atoms with Crippen molar-refractivity contribution >= 4 is 34.3 Å². The highest BCUT2D eigenvalue weighted by Crippen LogP contribution is 2.38. The summed E-state index contributed by atoms with van der Waals surface area (Å²) in [6.07, 6.45) is 1.69. The number of halogens is 1. The first-order chi connectivity index (χ1) is 11.0. The van der Waals surface area contributed by atoms with Crippen LogP contribution in [0.4, 0.5) is 5.82 Å². The smallest absolute Gasteiger partial charge is 0.257 e. The number of pyridine rings is 1. The monoisotopic (exact) mass is 428 g/mol. The summed E-state index contributed by atoms with van der Waals surface area (Å²) in [6.45, 7) is 1.89. The number of hydrogen-bond donors (Lipinski definition) is 1. The van der Waals surface area contributed by atoms with Gasteiger partial charge in [-0.2, -0.15) is 0 Å². The van der Waals surface area contributed by atoms with Gasteiger partial charge in [-0.15, -0.1) is 0 Å². The van der Waals surface area contributed by atoms with E-state index in [-0.39, 0.29) is 5.91 Å². The maximum atomic E-state index is 12.5. The maximum Gasteiger partial charge on any atom is 0.257 e. The van der Waals surface area contributed by atoms with Gasteiger partial charge in [-0.25, -0.2) is 4.98 Å². The van der Waals surface area contributed by atoms with Crippen LogP contribution in [-0.4, -0.2) is 32.2 Å². The summed E-state index contributed by atoms with van der Waals surface area (Å²) < 4.78 is 16.8. The summed E-state index contributed by atoms with van der Waals surface area (Å²) in [5, 5.41) is 2.79. The first kappa shape index (κ1) is 17.3. The predicted octanol–water partition coefficient (Wildman–Crippen LogP) is 3.27. The van der Waals surface area contributed by atoms with E-state index < -0.39 is 0 Å². The van der Waals surface area contributed by atoms with E-state index in [0.29, 0.717) is 28.6 Å². The van der Waals surface area contributed by atoms with E-state index in [1.165, 1.54) is 21.3 Å². The van der Waals surface area contributed by atoms with E-state index in [9.17, 15) is 4.79 Å². The lowest BCUT2D eigenvalue weighted by Gasteiger charge is -2.14. The van der Waals surface area contributed by atoms with Gasteiger partial charge >= 0.3 is 0 Å². The van der Waals surface area contributed by atoms with Crippen molar-refractivity contribution in [3.05, 3.63) is 39.1 Å². The second-order valence-corrected chi connectivity index (χ2v) is 5.93. The molecule has 1 N–H and O–H groups in total. The molecule has 0 aliphatic carbocycles. The molecule has 0 aliphatic heterocycles. The molecule has 0 saturated carbocycles. The Balaban J connectivity index is 2.35. The zero-order chi connectivity index (χ0) is 17.0. The Labute approximate surface area is 148 Å². The zero-order valence-corrected chi connectivity index (χ0v) is 15.4. The number of nitrogens with zero attached hydrogens (tertiary/aromatic N) is 1. The highest BCUT2D eigenvalue weighted by Gasteiger charge is 2.17. The Morgan fingerprint density at radius 2 is 1.70 bits per heavy atom. The number of methoxy groups -OCH3 is 3. The summed E-state index contributed by atoms with van der Waals surface area (Å²) in [5.41, 5.74) is 1.27. The fourth-order valence-electron chi connectivity index (χ4n) is 2.06. The molecule has 0 saturated heterocycles. The number of carbonyl (C=O) groups excluding carboxylic acids is 1. The van der Waals surface area contributed by atoms with Gasteiger partial charge < -0.3 is 19.5 Å². The molecule has 1 aromatic carbocycles. The number of benzene rings is 1. The first-order valence-electron chi connectivity index (χ1n) is 6.73. The van der Waals surface area contributed by atoms with Gasteiger partial charge in [0, 0.05) is 15.3 Å². The Kier molecular flexibility index (Phi) is 5.64. The van der Waals surface area contributed by atoms with E-state index in [2.05, 4.69) is 32.9 Å². The van der Waals surface area contributed by atoms with Gasteiger partial charge in [0.2, 0.25) is 5.75 Å². The zero-order valence-electron chi connectivity index (χ0n) is 13.3. The van der Waals surface area contributed by atoms with Crippen molar-refractivity contribution in [2.75, 3.05) is 26.6 Å². The van der Waals surface area contributed by atoms with E-state index >= 15 is 0 Å². The number of aromatic nitrogens is 1. The lowest BCUT2D eigenvalue weighted by atomic mass is 10.1. The van der Waals surface area contributed by atoms with Gasteiger partial charge in [0.15, 0.2) is 11.5 Å². The molecule has 0 spiro atoms. The van der Waals surface area contributed by atoms with E-state index in [1.807, 2.05) is 13.0 Å². The van der Waals surface area contributed by atoms with Crippen LogP contribution in [0.25, 0.3) is 0 Å². The average Bonchev–Trinajstić information content (AvgIpc) is 2.55. The van der Waals surface area contributed by atoms with Crippen LogP contribution in [0.2, 0.25) is 0 Å². The second-order valence-electron chi connectivity index (χ2n) is 4.69. The SMILES string of the molecule is COc1cc(C(=O)Nc2ncc(I)cc2C)cc(OC)c1OC. The minimum absolute atomic E-state index is 0.305. The molecule has 0 unspecified atom stereocenters. The lowest BCUT2D eigenvalue weighted by molar-refractivity contribution is 0.102. The van der Waals surface area contributed by atoms with Crippen molar-refractivity contribution < 1.29 is 19.0 Å². The van der Waals surface area contributed by atoms with Gasteiger partial charge in [-0.3, -0.25) is 4.79 Å². The largest absolute Gasteiger partial charge is 0.493 e. The van der Waals surface area contributed by atoms with Gasteiger partial charge in [0.1, 0.15) is 5.82 Å². The summed E-state index contributed by atoms with van der Waals surface area (Å²) in [6, 6.07) is 5.13. The minimum Gasteiger partial charge on any atom is -0.493 e. The molecule has 0 aliphatic rings. The number of ether oxygens (including phenoxy) is 3. The number of carbonyl (C=O) groups is 1. The molecular formula is C16H17IN2O4. The van der Waals surface area contributed by atoms with Gasteiger partial charge in [0.25, 0.3) is 5.91 Å². The fraction of sp³-hybridized carbons (Fsp3) is 0.250. The average molecular weight is 428 g/mol. The summed E-state index contributed by atoms with van der Waals surface area (Å²) in [5.74, 6) is 1.49. The Hall–Kier alpha value is -2.03. The number of anilines is 1. The quantitative estimate of drug-likeness (QED) is 0.741. The maximum absolute atomic E-state index is 12.5. The van der Waals surface area contributed by atoms with Crippen molar-refractivity contribution in [1.82, 2.24) is 4.98 Å². The number of nitrogens with one attached hydrogen (secondary N) is 1. The normalized spacial score (nSPS) is 10.1. The van der Waals surface area contributed by atoms with Gasteiger partial charge in [0.05, 0.1) is 21.3 Å². The highest BCUT2D eigenvalue weighted by molar-refractivity contribution is 14.1. The molecule has 0 bridgehead atoms. The molecule has 2 aromatic rings. The number of aryl methyl sites for hydroxylation is 1. The summed E-state index contributed by atoms with van der Waals surface area (Å²) in [4.78, 5) is 16.7. The molecule has 1 amide bonds. The molecule has 1 heterocycles. The minimum atomic E-state index is -0.305. The Morgan fingerprint density at radius 3 is 2.17 bits per heavy atom. The molecule has 7 heteroatoms. The van der Waals surface area contributed by atoms with Crippen LogP contribution in [-0.2, 0) is 0 Å². The van der Waals surface area contributed by atoms with Crippen LogP contribution in [0.15, 0.2) is 24.4 Å². The third-order valence-electron chi connectivity index (χ3n) is 3.20. The molecule has 0 radical (unpaired) electrons. The van der Waals surface area contributed by atoms with Gasteiger partial charge in [-0.05, 0) is 53.3 Å². The highest BCUT2D eigenvalue weighted by atomic mass is 127. The molecule has 2 rings (SSSR count).